The first-order valence-corrected chi connectivity index (χ1v) is 8.38. The Morgan fingerprint density at radius 2 is 1.80 bits per heavy atom. The molecule has 0 fully saturated rings. The first kappa shape index (κ1) is 18.9. The number of methoxy groups -OCH3 is 1. The molecule has 0 bridgehead atoms. The van der Waals surface area contributed by atoms with Crippen LogP contribution < -0.4 is 15.4 Å². The van der Waals surface area contributed by atoms with Crippen molar-refractivity contribution in [1.82, 2.24) is 10.6 Å². The van der Waals surface area contributed by atoms with Crippen LogP contribution >= 0.6 is 0 Å². The minimum atomic E-state index is -0.263. The molecule has 2 aromatic carbocycles. The van der Waals surface area contributed by atoms with Crippen molar-refractivity contribution in [2.45, 2.75) is 26.4 Å². The normalized spacial score (nSPS) is 12.0. The van der Waals surface area contributed by atoms with Crippen molar-refractivity contribution in [3.63, 3.8) is 0 Å². The topological polar surface area (TPSA) is 50.4 Å². The Hall–Kier alpha value is -2.40. The fourth-order valence-electron chi connectivity index (χ4n) is 2.72. The predicted octanol–water partition coefficient (Wildman–Crippen LogP) is 3.44. The zero-order valence-corrected chi connectivity index (χ0v) is 14.9. The predicted molar refractivity (Wildman–Crippen MR) is 96.8 cm³/mol. The van der Waals surface area contributed by atoms with E-state index >= 15 is 0 Å². The number of ether oxygens (including phenoxy) is 1. The Morgan fingerprint density at radius 1 is 1.12 bits per heavy atom. The molecule has 4 nitrogen and oxygen atoms in total. The number of hydrogen-bond donors (Lipinski definition) is 2. The van der Waals surface area contributed by atoms with Gasteiger partial charge < -0.3 is 15.4 Å². The van der Waals surface area contributed by atoms with Gasteiger partial charge in [-0.15, -0.1) is 0 Å². The van der Waals surface area contributed by atoms with Gasteiger partial charge in [0.2, 0.25) is 5.91 Å². The summed E-state index contributed by atoms with van der Waals surface area (Å²) in [7, 11) is 1.61. The van der Waals surface area contributed by atoms with Crippen LogP contribution in [0.4, 0.5) is 4.39 Å². The second kappa shape index (κ2) is 9.18. The number of halogens is 1. The third kappa shape index (κ3) is 5.57. The van der Waals surface area contributed by atoms with Crippen LogP contribution in [0.25, 0.3) is 0 Å². The first-order chi connectivity index (χ1) is 12.0. The van der Waals surface area contributed by atoms with E-state index in [0.717, 1.165) is 16.9 Å². The van der Waals surface area contributed by atoms with E-state index in [1.54, 1.807) is 19.2 Å². The minimum Gasteiger partial charge on any atom is -0.496 e. The van der Waals surface area contributed by atoms with Crippen LogP contribution in [0.15, 0.2) is 48.5 Å². The summed E-state index contributed by atoms with van der Waals surface area (Å²) in [6, 6.07) is 13.9. The summed E-state index contributed by atoms with van der Waals surface area (Å²) in [6.45, 7) is 4.73. The maximum absolute atomic E-state index is 13.1. The zero-order valence-electron chi connectivity index (χ0n) is 14.9. The number of amides is 1. The summed E-state index contributed by atoms with van der Waals surface area (Å²) in [5, 5.41) is 6.14. The maximum atomic E-state index is 13.1. The summed E-state index contributed by atoms with van der Waals surface area (Å²) >= 11 is 0. The fraction of sp³-hybridized carbons (Fsp3) is 0.350. The first-order valence-electron chi connectivity index (χ1n) is 8.38. The van der Waals surface area contributed by atoms with Crippen LogP contribution in [0, 0.1) is 11.7 Å². The van der Waals surface area contributed by atoms with E-state index < -0.39 is 0 Å². The molecular formula is C20H25FN2O2. The van der Waals surface area contributed by atoms with Gasteiger partial charge in [-0.1, -0.05) is 44.2 Å². The zero-order chi connectivity index (χ0) is 18.2. The Kier molecular flexibility index (Phi) is 6.95. The lowest BCUT2D eigenvalue weighted by Crippen LogP contribution is -2.37. The van der Waals surface area contributed by atoms with Gasteiger partial charge in [-0.25, -0.2) is 4.39 Å². The fourth-order valence-corrected chi connectivity index (χ4v) is 2.72. The molecule has 0 aliphatic rings. The summed E-state index contributed by atoms with van der Waals surface area (Å²) in [4.78, 5) is 12.2. The molecule has 5 heteroatoms. The number of nitrogens with one attached hydrogen (secondary N) is 2. The molecular weight excluding hydrogens is 319 g/mol. The van der Waals surface area contributed by atoms with Crippen molar-refractivity contribution >= 4 is 5.91 Å². The molecule has 0 unspecified atom stereocenters. The van der Waals surface area contributed by atoms with Gasteiger partial charge in [-0.05, 0) is 29.7 Å². The highest BCUT2D eigenvalue weighted by Crippen LogP contribution is 2.21. The SMILES string of the molecule is COc1ccccc1CNC(=O)CN[C@H](c1ccc(F)cc1)C(C)C. The third-order valence-electron chi connectivity index (χ3n) is 4.05. The van der Waals surface area contributed by atoms with Crippen LogP contribution in [0.2, 0.25) is 0 Å². The molecule has 2 N–H and O–H groups in total. The van der Waals surface area contributed by atoms with Crippen LogP contribution in [-0.4, -0.2) is 19.6 Å². The van der Waals surface area contributed by atoms with Crippen molar-refractivity contribution in [2.24, 2.45) is 5.92 Å². The van der Waals surface area contributed by atoms with Crippen LogP contribution in [0.1, 0.15) is 31.0 Å². The number of para-hydroxylation sites is 1. The van der Waals surface area contributed by atoms with Gasteiger partial charge in [0.25, 0.3) is 0 Å². The van der Waals surface area contributed by atoms with Crippen LogP contribution in [-0.2, 0) is 11.3 Å². The van der Waals surface area contributed by atoms with Crippen molar-refractivity contribution < 1.29 is 13.9 Å². The molecule has 0 heterocycles. The molecule has 2 aromatic rings. The average molecular weight is 344 g/mol. The molecule has 1 amide bonds. The molecule has 25 heavy (non-hydrogen) atoms. The van der Waals surface area contributed by atoms with Crippen molar-refractivity contribution in [3.05, 3.63) is 65.5 Å². The van der Waals surface area contributed by atoms with Gasteiger partial charge in [-0.3, -0.25) is 4.79 Å². The molecule has 1 atom stereocenters. The Bertz CT molecular complexity index is 686. The number of benzene rings is 2. The Morgan fingerprint density at radius 3 is 2.44 bits per heavy atom. The van der Waals surface area contributed by atoms with Crippen LogP contribution in [0.3, 0.4) is 0 Å². The molecule has 2 rings (SSSR count). The Balaban J connectivity index is 1.89. The summed E-state index contributed by atoms with van der Waals surface area (Å²) in [6.07, 6.45) is 0. The Labute approximate surface area is 148 Å². The largest absolute Gasteiger partial charge is 0.496 e. The molecule has 0 aliphatic heterocycles. The van der Waals surface area contributed by atoms with E-state index in [4.69, 9.17) is 4.74 Å². The second-order valence-electron chi connectivity index (χ2n) is 6.24. The van der Waals surface area contributed by atoms with E-state index in [0.29, 0.717) is 6.54 Å². The van der Waals surface area contributed by atoms with Gasteiger partial charge in [0.1, 0.15) is 11.6 Å². The monoisotopic (exact) mass is 344 g/mol. The van der Waals surface area contributed by atoms with E-state index in [1.165, 1.54) is 12.1 Å². The van der Waals surface area contributed by atoms with E-state index in [1.807, 2.05) is 24.3 Å². The van der Waals surface area contributed by atoms with Crippen LogP contribution in [0.5, 0.6) is 5.75 Å². The van der Waals surface area contributed by atoms with Gasteiger partial charge in [0, 0.05) is 18.2 Å². The van der Waals surface area contributed by atoms with E-state index in [9.17, 15) is 9.18 Å². The average Bonchev–Trinajstić information content (AvgIpc) is 2.61. The van der Waals surface area contributed by atoms with Crippen molar-refractivity contribution in [2.75, 3.05) is 13.7 Å². The highest BCUT2D eigenvalue weighted by atomic mass is 19.1. The lowest BCUT2D eigenvalue weighted by molar-refractivity contribution is -0.120. The smallest absolute Gasteiger partial charge is 0.234 e. The molecule has 0 saturated carbocycles. The third-order valence-corrected chi connectivity index (χ3v) is 4.05. The lowest BCUT2D eigenvalue weighted by Gasteiger charge is -2.23. The number of rotatable bonds is 8. The standard InChI is InChI=1S/C20H25FN2O2/c1-14(2)20(15-8-10-17(21)11-9-15)23-13-19(24)22-12-16-6-4-5-7-18(16)25-3/h4-11,14,20,23H,12-13H2,1-3H3,(H,22,24)/t20-/m0/s1. The van der Waals surface area contributed by atoms with Crippen molar-refractivity contribution in [3.8, 4) is 5.75 Å². The molecule has 0 aromatic heterocycles. The molecule has 0 aliphatic carbocycles. The molecule has 0 radical (unpaired) electrons. The van der Waals surface area contributed by atoms with Gasteiger partial charge in [0.15, 0.2) is 0 Å². The van der Waals surface area contributed by atoms with Crippen molar-refractivity contribution in [1.29, 1.82) is 0 Å². The summed E-state index contributed by atoms with van der Waals surface area (Å²) < 4.78 is 18.4. The van der Waals surface area contributed by atoms with E-state index in [-0.39, 0.29) is 30.2 Å². The summed E-state index contributed by atoms with van der Waals surface area (Å²) in [5.41, 5.74) is 1.89. The summed E-state index contributed by atoms with van der Waals surface area (Å²) in [5.74, 6) is 0.661. The maximum Gasteiger partial charge on any atom is 0.234 e. The minimum absolute atomic E-state index is 0.0161. The number of hydrogen-bond acceptors (Lipinski definition) is 3. The molecule has 0 saturated heterocycles. The van der Waals surface area contributed by atoms with Gasteiger partial charge in [-0.2, -0.15) is 0 Å². The second-order valence-corrected chi connectivity index (χ2v) is 6.24. The van der Waals surface area contributed by atoms with Gasteiger partial charge >= 0.3 is 0 Å². The highest BCUT2D eigenvalue weighted by Gasteiger charge is 2.16. The molecule has 0 spiro atoms. The van der Waals surface area contributed by atoms with Gasteiger partial charge in [0.05, 0.1) is 13.7 Å². The quantitative estimate of drug-likeness (QED) is 0.771. The number of carbonyl (C=O) groups is 1. The molecule has 134 valence electrons. The van der Waals surface area contributed by atoms with E-state index in [2.05, 4.69) is 24.5 Å². The number of carbonyl (C=O) groups excluding carboxylic acids is 1. The lowest BCUT2D eigenvalue weighted by atomic mass is 9.96. The highest BCUT2D eigenvalue weighted by molar-refractivity contribution is 5.78.